The van der Waals surface area contributed by atoms with E-state index < -0.39 is 18.2 Å². The Morgan fingerprint density at radius 3 is 2.50 bits per heavy atom. The first-order valence-corrected chi connectivity index (χ1v) is 5.04. The topological polar surface area (TPSA) is 65.2 Å². The number of carbonyl (C=O) groups is 1. The fraction of sp³-hybridized carbons (Fsp3) is 0.500. The van der Waals surface area contributed by atoms with E-state index in [4.69, 9.17) is 5.73 Å². The summed E-state index contributed by atoms with van der Waals surface area (Å²) in [6, 6.07) is 0. The van der Waals surface area contributed by atoms with Gasteiger partial charge in [0, 0.05) is 0 Å². The minimum atomic E-state index is -4.57. The molecule has 1 rings (SSSR count). The van der Waals surface area contributed by atoms with Crippen LogP contribution in [-0.4, -0.2) is 23.2 Å². The summed E-state index contributed by atoms with van der Waals surface area (Å²) >= 11 is 0.800. The van der Waals surface area contributed by atoms with Gasteiger partial charge in [-0.05, 0) is 13.8 Å². The summed E-state index contributed by atoms with van der Waals surface area (Å²) in [4.78, 5) is 15.0. The van der Waals surface area contributed by atoms with E-state index in [1.54, 1.807) is 0 Å². The summed E-state index contributed by atoms with van der Waals surface area (Å²) in [6.45, 7) is 2.24. The third-order valence-corrected chi connectivity index (χ3v) is 2.71. The highest BCUT2D eigenvalue weighted by molar-refractivity contribution is 7.17. The number of aryl methyl sites for hydroxylation is 1. The fourth-order valence-corrected chi connectivity index (χ4v) is 1.60. The first-order chi connectivity index (χ1) is 7.21. The Hall–Kier alpha value is -1.31. The van der Waals surface area contributed by atoms with Gasteiger partial charge >= 0.3 is 12.1 Å². The number of alkyl halides is 3. The molecule has 0 saturated carbocycles. The Kier molecular flexibility index (Phi) is 3.41. The fourth-order valence-electron chi connectivity index (χ4n) is 0.888. The molecule has 2 N–H and O–H groups in total. The Morgan fingerprint density at radius 2 is 2.12 bits per heavy atom. The Morgan fingerprint density at radius 1 is 1.56 bits per heavy atom. The molecule has 1 aromatic rings. The number of nitrogens with two attached hydrogens (primary N) is 1. The van der Waals surface area contributed by atoms with Gasteiger partial charge < -0.3 is 10.5 Å². The van der Waals surface area contributed by atoms with Crippen molar-refractivity contribution in [2.24, 2.45) is 0 Å². The van der Waals surface area contributed by atoms with Gasteiger partial charge in [0.1, 0.15) is 4.88 Å². The summed E-state index contributed by atoms with van der Waals surface area (Å²) in [6.07, 6.45) is -6.72. The van der Waals surface area contributed by atoms with Gasteiger partial charge in [-0.1, -0.05) is 11.3 Å². The molecule has 0 amide bonds. The van der Waals surface area contributed by atoms with Crippen LogP contribution in [-0.2, 0) is 4.74 Å². The molecule has 0 fully saturated rings. The maximum Gasteiger partial charge on any atom is 0.425 e. The number of carbonyl (C=O) groups excluding carboxylic acids is 1. The lowest BCUT2D eigenvalue weighted by Gasteiger charge is -2.15. The van der Waals surface area contributed by atoms with Crippen molar-refractivity contribution < 1.29 is 22.7 Å². The quantitative estimate of drug-likeness (QED) is 0.821. The molecule has 4 nitrogen and oxygen atoms in total. The summed E-state index contributed by atoms with van der Waals surface area (Å²) in [5.41, 5.74) is 5.58. The number of esters is 1. The van der Waals surface area contributed by atoms with E-state index in [-0.39, 0.29) is 15.7 Å². The number of nitrogen functional groups attached to an aromatic ring is 1. The number of hydrogen-bond donors (Lipinski definition) is 1. The minimum absolute atomic E-state index is 0.00593. The number of halogens is 3. The molecule has 0 radical (unpaired) electrons. The van der Waals surface area contributed by atoms with Crippen molar-refractivity contribution >= 4 is 22.4 Å². The molecule has 0 aliphatic heterocycles. The summed E-state index contributed by atoms with van der Waals surface area (Å²) in [7, 11) is 0. The van der Waals surface area contributed by atoms with Crippen LogP contribution in [0.3, 0.4) is 0 Å². The molecule has 16 heavy (non-hydrogen) atoms. The van der Waals surface area contributed by atoms with Crippen LogP contribution >= 0.6 is 11.3 Å². The molecule has 1 aromatic heterocycles. The SMILES string of the molecule is Cc1nc(N)sc1C(=O)O[C@@H](C)C(F)(F)F. The average Bonchev–Trinajstić information content (AvgIpc) is 2.43. The maximum absolute atomic E-state index is 12.1. The van der Waals surface area contributed by atoms with Gasteiger partial charge in [0.15, 0.2) is 11.2 Å². The molecule has 0 aliphatic rings. The first kappa shape index (κ1) is 12.8. The summed E-state index contributed by atoms with van der Waals surface area (Å²) < 4.78 is 40.6. The zero-order valence-corrected chi connectivity index (χ0v) is 9.28. The lowest BCUT2D eigenvalue weighted by Crippen LogP contribution is -2.30. The van der Waals surface area contributed by atoms with E-state index in [1.807, 2.05) is 0 Å². The number of nitrogens with zero attached hydrogens (tertiary/aromatic N) is 1. The van der Waals surface area contributed by atoms with Crippen LogP contribution in [0, 0.1) is 6.92 Å². The van der Waals surface area contributed by atoms with E-state index in [9.17, 15) is 18.0 Å². The number of ether oxygens (including phenoxy) is 1. The molecular formula is C8H9F3N2O2S. The third kappa shape index (κ3) is 2.84. The minimum Gasteiger partial charge on any atom is -0.449 e. The highest BCUT2D eigenvalue weighted by Gasteiger charge is 2.39. The molecule has 0 bridgehead atoms. The smallest absolute Gasteiger partial charge is 0.425 e. The Labute approximate surface area is 93.2 Å². The normalized spacial score (nSPS) is 13.6. The van der Waals surface area contributed by atoms with Crippen molar-refractivity contribution in [2.75, 3.05) is 5.73 Å². The van der Waals surface area contributed by atoms with Crippen molar-refractivity contribution in [3.05, 3.63) is 10.6 Å². The van der Waals surface area contributed by atoms with Crippen LogP contribution < -0.4 is 5.73 Å². The summed E-state index contributed by atoms with van der Waals surface area (Å²) in [5.74, 6) is -1.06. The number of aromatic nitrogens is 1. The lowest BCUT2D eigenvalue weighted by molar-refractivity contribution is -0.198. The maximum atomic E-state index is 12.1. The van der Waals surface area contributed by atoms with Crippen molar-refractivity contribution in [2.45, 2.75) is 26.1 Å². The molecule has 0 unspecified atom stereocenters. The van der Waals surface area contributed by atoms with Crippen molar-refractivity contribution in [3.63, 3.8) is 0 Å². The lowest BCUT2D eigenvalue weighted by atomic mass is 10.3. The highest BCUT2D eigenvalue weighted by atomic mass is 32.1. The van der Waals surface area contributed by atoms with Gasteiger partial charge in [-0.15, -0.1) is 0 Å². The van der Waals surface area contributed by atoms with Crippen LogP contribution in [0.5, 0.6) is 0 Å². The van der Waals surface area contributed by atoms with Crippen LogP contribution in [0.25, 0.3) is 0 Å². The van der Waals surface area contributed by atoms with Gasteiger partial charge in [-0.25, -0.2) is 9.78 Å². The number of thiazole rings is 1. The van der Waals surface area contributed by atoms with E-state index in [2.05, 4.69) is 9.72 Å². The van der Waals surface area contributed by atoms with Crippen molar-refractivity contribution in [1.82, 2.24) is 4.98 Å². The molecule has 0 saturated heterocycles. The van der Waals surface area contributed by atoms with Gasteiger partial charge in [-0.2, -0.15) is 13.2 Å². The van der Waals surface area contributed by atoms with Crippen molar-refractivity contribution in [3.8, 4) is 0 Å². The van der Waals surface area contributed by atoms with Gasteiger partial charge in [-0.3, -0.25) is 0 Å². The molecule has 0 aromatic carbocycles. The van der Waals surface area contributed by atoms with Gasteiger partial charge in [0.2, 0.25) is 0 Å². The molecule has 0 spiro atoms. The zero-order valence-electron chi connectivity index (χ0n) is 8.46. The van der Waals surface area contributed by atoms with Crippen LogP contribution in [0.15, 0.2) is 0 Å². The Balaban J connectivity index is 2.77. The standard InChI is InChI=1S/C8H9F3N2O2S/c1-3-5(16-7(12)13-3)6(14)15-4(2)8(9,10)11/h4H,1-2H3,(H2,12,13)/t4-/m0/s1. The van der Waals surface area contributed by atoms with Crippen molar-refractivity contribution in [1.29, 1.82) is 0 Å². The van der Waals surface area contributed by atoms with Crippen LogP contribution in [0.1, 0.15) is 22.3 Å². The predicted molar refractivity (Wildman–Crippen MR) is 52.2 cm³/mol. The molecular weight excluding hydrogens is 245 g/mol. The van der Waals surface area contributed by atoms with E-state index in [1.165, 1.54) is 6.92 Å². The molecule has 1 heterocycles. The molecule has 1 atom stereocenters. The van der Waals surface area contributed by atoms with Crippen LogP contribution in [0.4, 0.5) is 18.3 Å². The van der Waals surface area contributed by atoms with E-state index >= 15 is 0 Å². The number of anilines is 1. The average molecular weight is 254 g/mol. The second-order valence-electron chi connectivity index (χ2n) is 3.06. The molecule has 0 aliphatic carbocycles. The Bertz CT molecular complexity index is 402. The summed E-state index contributed by atoms with van der Waals surface area (Å²) in [5, 5.41) is 0.115. The van der Waals surface area contributed by atoms with Crippen LogP contribution in [0.2, 0.25) is 0 Å². The van der Waals surface area contributed by atoms with E-state index in [0.717, 1.165) is 18.3 Å². The number of rotatable bonds is 2. The predicted octanol–water partition coefficient (Wildman–Crippen LogP) is 2.14. The zero-order chi connectivity index (χ0) is 12.5. The third-order valence-electron chi connectivity index (χ3n) is 1.74. The first-order valence-electron chi connectivity index (χ1n) is 4.22. The molecule has 8 heteroatoms. The number of hydrogen-bond acceptors (Lipinski definition) is 5. The highest BCUT2D eigenvalue weighted by Crippen LogP contribution is 2.26. The van der Waals surface area contributed by atoms with Gasteiger partial charge in [0.25, 0.3) is 0 Å². The largest absolute Gasteiger partial charge is 0.449 e. The van der Waals surface area contributed by atoms with Gasteiger partial charge in [0.05, 0.1) is 5.69 Å². The monoisotopic (exact) mass is 254 g/mol. The van der Waals surface area contributed by atoms with E-state index in [0.29, 0.717) is 0 Å². The second kappa shape index (κ2) is 4.28. The molecule has 90 valence electrons. The second-order valence-corrected chi connectivity index (χ2v) is 4.09.